The lowest BCUT2D eigenvalue weighted by Gasteiger charge is -2.03. The minimum atomic E-state index is -0.320. The molecule has 0 aliphatic carbocycles. The van der Waals surface area contributed by atoms with Crippen molar-refractivity contribution in [2.45, 2.75) is 0 Å². The number of aromatic nitrogens is 4. The first-order valence-corrected chi connectivity index (χ1v) is 5.32. The van der Waals surface area contributed by atoms with Crippen molar-refractivity contribution in [3.63, 3.8) is 0 Å². The van der Waals surface area contributed by atoms with Crippen LogP contribution in [-0.2, 0) is 0 Å². The van der Waals surface area contributed by atoms with Crippen LogP contribution in [0.1, 0.15) is 0 Å². The SMILES string of the molecule is Nc1nc(-c2ccccc2)nc2[nH]c(=O)cnc12. The van der Waals surface area contributed by atoms with Gasteiger partial charge in [0.05, 0.1) is 6.20 Å². The molecule has 0 unspecified atom stereocenters. The highest BCUT2D eigenvalue weighted by Gasteiger charge is 2.08. The molecule has 0 aliphatic heterocycles. The third kappa shape index (κ3) is 1.69. The molecular weight excluding hydrogens is 230 g/mol. The van der Waals surface area contributed by atoms with Crippen LogP contribution in [0, 0.1) is 0 Å². The molecule has 0 saturated heterocycles. The summed E-state index contributed by atoms with van der Waals surface area (Å²) < 4.78 is 0. The smallest absolute Gasteiger partial charge is 0.268 e. The lowest BCUT2D eigenvalue weighted by Crippen LogP contribution is -2.09. The third-order valence-electron chi connectivity index (χ3n) is 2.50. The minimum absolute atomic E-state index is 0.245. The standard InChI is InChI=1S/C12H9N5O/c13-10-9-12(15-8(18)6-14-9)17-11(16-10)7-4-2-1-3-5-7/h1-6H,(H3,13,15,16,17,18). The molecule has 3 aromatic rings. The maximum Gasteiger partial charge on any atom is 0.268 e. The van der Waals surface area contributed by atoms with Crippen molar-refractivity contribution in [2.24, 2.45) is 0 Å². The van der Waals surface area contributed by atoms with Crippen molar-refractivity contribution < 1.29 is 0 Å². The van der Waals surface area contributed by atoms with Crippen LogP contribution >= 0.6 is 0 Å². The highest BCUT2D eigenvalue weighted by Crippen LogP contribution is 2.19. The van der Waals surface area contributed by atoms with Gasteiger partial charge in [0, 0.05) is 5.56 Å². The van der Waals surface area contributed by atoms with E-state index in [0.29, 0.717) is 17.0 Å². The van der Waals surface area contributed by atoms with Gasteiger partial charge >= 0.3 is 0 Å². The van der Waals surface area contributed by atoms with Crippen molar-refractivity contribution in [3.8, 4) is 11.4 Å². The summed E-state index contributed by atoms with van der Waals surface area (Å²) in [4.78, 5) is 26.2. The van der Waals surface area contributed by atoms with Gasteiger partial charge in [0.1, 0.15) is 5.52 Å². The van der Waals surface area contributed by atoms with E-state index in [1.54, 1.807) is 0 Å². The van der Waals surface area contributed by atoms with E-state index in [9.17, 15) is 4.79 Å². The number of nitrogens with two attached hydrogens (primary N) is 1. The van der Waals surface area contributed by atoms with Gasteiger partial charge in [-0.3, -0.25) is 4.79 Å². The van der Waals surface area contributed by atoms with E-state index >= 15 is 0 Å². The van der Waals surface area contributed by atoms with Gasteiger partial charge in [0.25, 0.3) is 5.56 Å². The zero-order valence-corrected chi connectivity index (χ0v) is 9.29. The number of hydrogen-bond acceptors (Lipinski definition) is 5. The molecule has 0 fully saturated rings. The highest BCUT2D eigenvalue weighted by atomic mass is 16.1. The number of hydrogen-bond donors (Lipinski definition) is 2. The summed E-state index contributed by atoms with van der Waals surface area (Å²) >= 11 is 0. The van der Waals surface area contributed by atoms with Crippen LogP contribution in [0.15, 0.2) is 41.3 Å². The van der Waals surface area contributed by atoms with Crippen LogP contribution in [0.5, 0.6) is 0 Å². The lowest BCUT2D eigenvalue weighted by atomic mass is 10.2. The Kier molecular flexibility index (Phi) is 2.26. The van der Waals surface area contributed by atoms with E-state index in [4.69, 9.17) is 5.73 Å². The number of rotatable bonds is 1. The van der Waals surface area contributed by atoms with Crippen molar-refractivity contribution in [2.75, 3.05) is 5.73 Å². The molecule has 3 N–H and O–H groups in total. The van der Waals surface area contributed by atoms with E-state index in [1.807, 2.05) is 30.3 Å². The quantitative estimate of drug-likeness (QED) is 0.659. The Bertz CT molecular complexity index is 766. The molecule has 18 heavy (non-hydrogen) atoms. The Morgan fingerprint density at radius 2 is 1.89 bits per heavy atom. The molecule has 2 aromatic heterocycles. The normalized spacial score (nSPS) is 10.7. The van der Waals surface area contributed by atoms with Crippen LogP contribution in [0.4, 0.5) is 5.82 Å². The van der Waals surface area contributed by atoms with Gasteiger partial charge in [-0.1, -0.05) is 30.3 Å². The van der Waals surface area contributed by atoms with Crippen LogP contribution in [0.3, 0.4) is 0 Å². The summed E-state index contributed by atoms with van der Waals surface area (Å²) in [6.07, 6.45) is 1.16. The first kappa shape index (κ1) is 10.4. The molecule has 0 bridgehead atoms. The lowest BCUT2D eigenvalue weighted by molar-refractivity contribution is 1.13. The number of fused-ring (bicyclic) bond motifs is 1. The molecule has 0 atom stereocenters. The predicted molar refractivity (Wildman–Crippen MR) is 67.8 cm³/mol. The Hall–Kier alpha value is -2.76. The maximum atomic E-state index is 11.2. The predicted octanol–water partition coefficient (Wildman–Crippen LogP) is 0.962. The van der Waals surface area contributed by atoms with Crippen molar-refractivity contribution in [1.29, 1.82) is 0 Å². The fraction of sp³-hybridized carbons (Fsp3) is 0. The molecule has 2 heterocycles. The molecule has 1 aromatic carbocycles. The van der Waals surface area contributed by atoms with Crippen LogP contribution < -0.4 is 11.3 Å². The number of nitrogens with zero attached hydrogens (tertiary/aromatic N) is 3. The van der Waals surface area contributed by atoms with E-state index < -0.39 is 0 Å². The first-order valence-electron chi connectivity index (χ1n) is 5.32. The van der Waals surface area contributed by atoms with Crippen molar-refractivity contribution in [3.05, 3.63) is 46.9 Å². The largest absolute Gasteiger partial charge is 0.382 e. The molecule has 6 heteroatoms. The molecule has 0 aliphatic rings. The van der Waals surface area contributed by atoms with Crippen LogP contribution in [0.2, 0.25) is 0 Å². The molecule has 0 saturated carbocycles. The fourth-order valence-corrected chi connectivity index (χ4v) is 1.68. The summed E-state index contributed by atoms with van der Waals surface area (Å²) in [5, 5.41) is 0. The molecule has 0 radical (unpaired) electrons. The molecule has 0 spiro atoms. The van der Waals surface area contributed by atoms with Gasteiger partial charge in [-0.05, 0) is 0 Å². The summed E-state index contributed by atoms with van der Waals surface area (Å²) in [7, 11) is 0. The Labute approximate surface area is 102 Å². The van der Waals surface area contributed by atoms with Gasteiger partial charge in [-0.25, -0.2) is 15.0 Å². The number of aromatic amines is 1. The Balaban J connectivity index is 2.30. The Morgan fingerprint density at radius 3 is 2.67 bits per heavy atom. The summed E-state index contributed by atoms with van der Waals surface area (Å²) in [6.45, 7) is 0. The monoisotopic (exact) mass is 239 g/mol. The van der Waals surface area contributed by atoms with Crippen molar-refractivity contribution in [1.82, 2.24) is 19.9 Å². The molecule has 6 nitrogen and oxygen atoms in total. The summed E-state index contributed by atoms with van der Waals surface area (Å²) in [6, 6.07) is 9.40. The minimum Gasteiger partial charge on any atom is -0.382 e. The van der Waals surface area contributed by atoms with Gasteiger partial charge in [0.2, 0.25) is 0 Å². The second-order valence-corrected chi connectivity index (χ2v) is 3.74. The second-order valence-electron chi connectivity index (χ2n) is 3.74. The van der Waals surface area contributed by atoms with Crippen LogP contribution in [-0.4, -0.2) is 19.9 Å². The number of nitrogens with one attached hydrogen (secondary N) is 1. The summed E-state index contributed by atoms with van der Waals surface area (Å²) in [5.74, 6) is 0.708. The topological polar surface area (TPSA) is 97.5 Å². The van der Waals surface area contributed by atoms with Crippen LogP contribution in [0.25, 0.3) is 22.6 Å². The fourth-order valence-electron chi connectivity index (χ4n) is 1.68. The number of benzene rings is 1. The number of H-pyrrole nitrogens is 1. The number of nitrogen functional groups attached to an aromatic ring is 1. The molecule has 3 rings (SSSR count). The maximum absolute atomic E-state index is 11.2. The second kappa shape index (κ2) is 3.92. The first-order chi connectivity index (χ1) is 8.74. The molecule has 0 amide bonds. The Morgan fingerprint density at radius 1 is 1.11 bits per heavy atom. The van der Waals surface area contributed by atoms with Gasteiger partial charge in [-0.2, -0.15) is 0 Å². The van der Waals surface area contributed by atoms with Gasteiger partial charge in [-0.15, -0.1) is 0 Å². The average molecular weight is 239 g/mol. The van der Waals surface area contributed by atoms with E-state index in [0.717, 1.165) is 11.8 Å². The van der Waals surface area contributed by atoms with E-state index in [2.05, 4.69) is 19.9 Å². The highest BCUT2D eigenvalue weighted by molar-refractivity contribution is 5.82. The van der Waals surface area contributed by atoms with E-state index in [1.165, 1.54) is 0 Å². The average Bonchev–Trinajstić information content (AvgIpc) is 2.39. The van der Waals surface area contributed by atoms with Crippen molar-refractivity contribution >= 4 is 17.0 Å². The zero-order chi connectivity index (χ0) is 12.5. The summed E-state index contributed by atoms with van der Waals surface area (Å²) in [5.41, 5.74) is 7.06. The number of anilines is 1. The molecular formula is C12H9N5O. The zero-order valence-electron chi connectivity index (χ0n) is 9.29. The third-order valence-corrected chi connectivity index (χ3v) is 2.50. The van der Waals surface area contributed by atoms with Gasteiger partial charge in [0.15, 0.2) is 17.3 Å². The van der Waals surface area contributed by atoms with Gasteiger partial charge < -0.3 is 10.7 Å². The van der Waals surface area contributed by atoms with E-state index in [-0.39, 0.29) is 11.4 Å². The molecule has 88 valence electrons.